The van der Waals surface area contributed by atoms with Crippen LogP contribution in [0.3, 0.4) is 0 Å². The lowest BCUT2D eigenvalue weighted by Crippen LogP contribution is -2.29. The van der Waals surface area contributed by atoms with Gasteiger partial charge in [0.2, 0.25) is 0 Å². The molecule has 4 rings (SSSR count). The molecule has 0 saturated carbocycles. The molecule has 2 aromatic heterocycles. The number of pyridine rings is 1. The molecule has 2 atom stereocenters. The zero-order valence-electron chi connectivity index (χ0n) is 18.4. The summed E-state index contributed by atoms with van der Waals surface area (Å²) in [4.78, 5) is 6.78. The second-order valence-electron chi connectivity index (χ2n) is 8.11. The molecule has 0 bridgehead atoms. The smallest absolute Gasteiger partial charge is 0.174 e. The van der Waals surface area contributed by atoms with E-state index in [0.29, 0.717) is 21.9 Å². The Labute approximate surface area is 194 Å². The Hall–Kier alpha value is -2.57. The number of methoxy groups -OCH3 is 1. The summed E-state index contributed by atoms with van der Waals surface area (Å²) < 4.78 is 7.71. The van der Waals surface area contributed by atoms with Gasteiger partial charge in [-0.3, -0.25) is 4.98 Å². The van der Waals surface area contributed by atoms with Crippen LogP contribution >= 0.6 is 23.8 Å². The van der Waals surface area contributed by atoms with Crippen LogP contribution in [0.1, 0.15) is 54.6 Å². The number of halogens is 1. The first-order chi connectivity index (χ1) is 14.8. The number of hydrogen-bond donors (Lipinski definition) is 1. The fourth-order valence-corrected chi connectivity index (χ4v) is 5.25. The van der Waals surface area contributed by atoms with E-state index in [4.69, 9.17) is 28.6 Å². The van der Waals surface area contributed by atoms with E-state index in [0.717, 1.165) is 11.4 Å². The van der Waals surface area contributed by atoms with Crippen molar-refractivity contribution in [3.8, 4) is 5.75 Å². The monoisotopic (exact) mass is 454 g/mol. The van der Waals surface area contributed by atoms with Crippen molar-refractivity contribution < 1.29 is 4.74 Å². The predicted octanol–water partition coefficient (Wildman–Crippen LogP) is 5.92. The molecule has 31 heavy (non-hydrogen) atoms. The molecule has 3 aromatic rings. The van der Waals surface area contributed by atoms with Gasteiger partial charge in [0, 0.05) is 29.3 Å². The summed E-state index contributed by atoms with van der Waals surface area (Å²) in [6, 6.07) is 14.2. The molecule has 0 unspecified atom stereocenters. The van der Waals surface area contributed by atoms with Crippen LogP contribution in [-0.4, -0.2) is 21.8 Å². The Bertz CT molecular complexity index is 1110. The Morgan fingerprint density at radius 2 is 1.94 bits per heavy atom. The first-order valence-corrected chi connectivity index (χ1v) is 11.1. The van der Waals surface area contributed by atoms with Crippen LogP contribution in [0.2, 0.25) is 5.02 Å². The predicted molar refractivity (Wildman–Crippen MR) is 130 cm³/mol. The molecule has 1 aliphatic rings. The molecule has 3 heterocycles. The molecule has 1 fully saturated rings. The molecule has 0 radical (unpaired) electrons. The number of aryl methyl sites for hydroxylation is 1. The van der Waals surface area contributed by atoms with Crippen molar-refractivity contribution in [3.63, 3.8) is 0 Å². The molecule has 7 heteroatoms. The summed E-state index contributed by atoms with van der Waals surface area (Å²) in [5.74, 6) is 0.638. The van der Waals surface area contributed by atoms with Crippen LogP contribution in [0.4, 0.5) is 5.69 Å². The highest BCUT2D eigenvalue weighted by atomic mass is 35.5. The average molecular weight is 455 g/mol. The van der Waals surface area contributed by atoms with Crippen molar-refractivity contribution in [2.75, 3.05) is 12.0 Å². The van der Waals surface area contributed by atoms with E-state index in [1.807, 2.05) is 42.6 Å². The summed E-state index contributed by atoms with van der Waals surface area (Å²) in [5, 5.41) is 4.71. The summed E-state index contributed by atoms with van der Waals surface area (Å²) in [7, 11) is 1.61. The van der Waals surface area contributed by atoms with E-state index in [2.05, 4.69) is 53.5 Å². The van der Waals surface area contributed by atoms with Crippen LogP contribution in [0.15, 0.2) is 48.7 Å². The second-order valence-corrected chi connectivity index (χ2v) is 8.90. The minimum absolute atomic E-state index is 0.0643. The number of nitrogens with zero attached hydrogens (tertiary/aromatic N) is 3. The lowest BCUT2D eigenvalue weighted by Gasteiger charge is -2.28. The van der Waals surface area contributed by atoms with Crippen LogP contribution in [0.5, 0.6) is 5.75 Å². The first-order valence-electron chi connectivity index (χ1n) is 10.4. The number of nitrogens with one attached hydrogen (secondary N) is 1. The van der Waals surface area contributed by atoms with Crippen molar-refractivity contribution in [1.82, 2.24) is 14.9 Å². The normalized spacial score (nSPS) is 18.5. The van der Waals surface area contributed by atoms with Crippen molar-refractivity contribution in [2.45, 2.75) is 45.8 Å². The summed E-state index contributed by atoms with van der Waals surface area (Å²) in [6.07, 6.45) is 1.82. The van der Waals surface area contributed by atoms with Crippen LogP contribution in [0.25, 0.3) is 0 Å². The van der Waals surface area contributed by atoms with Gasteiger partial charge in [0.15, 0.2) is 5.11 Å². The van der Waals surface area contributed by atoms with Gasteiger partial charge in [-0.2, -0.15) is 0 Å². The second kappa shape index (κ2) is 8.52. The maximum Gasteiger partial charge on any atom is 0.174 e. The lowest BCUT2D eigenvalue weighted by molar-refractivity contribution is 0.415. The van der Waals surface area contributed by atoms with Crippen molar-refractivity contribution in [1.29, 1.82) is 0 Å². The quantitative estimate of drug-likeness (QED) is 0.484. The van der Waals surface area contributed by atoms with Crippen LogP contribution < -0.4 is 15.0 Å². The minimum Gasteiger partial charge on any atom is -0.495 e. The molecule has 1 aromatic carbocycles. The van der Waals surface area contributed by atoms with E-state index < -0.39 is 0 Å². The van der Waals surface area contributed by atoms with Crippen LogP contribution in [-0.2, 0) is 0 Å². The van der Waals surface area contributed by atoms with E-state index in [1.165, 1.54) is 17.0 Å². The number of anilines is 1. The van der Waals surface area contributed by atoms with E-state index in [1.54, 1.807) is 7.11 Å². The number of ether oxygens (including phenoxy) is 1. The molecule has 162 valence electrons. The van der Waals surface area contributed by atoms with Gasteiger partial charge < -0.3 is 19.5 Å². The van der Waals surface area contributed by atoms with Gasteiger partial charge in [-0.05, 0) is 81.9 Å². The summed E-state index contributed by atoms with van der Waals surface area (Å²) in [5.41, 5.74) is 5.55. The molecule has 1 saturated heterocycles. The zero-order chi connectivity index (χ0) is 22.3. The van der Waals surface area contributed by atoms with Crippen molar-refractivity contribution in [2.24, 2.45) is 0 Å². The third-order valence-corrected chi connectivity index (χ3v) is 6.48. The molecule has 1 N–H and O–H groups in total. The lowest BCUT2D eigenvalue weighted by atomic mass is 9.96. The Morgan fingerprint density at radius 1 is 1.16 bits per heavy atom. The van der Waals surface area contributed by atoms with Crippen molar-refractivity contribution in [3.05, 3.63) is 76.3 Å². The fourth-order valence-electron chi connectivity index (χ4n) is 4.65. The maximum atomic E-state index is 6.47. The van der Waals surface area contributed by atoms with Gasteiger partial charge in [0.25, 0.3) is 0 Å². The minimum atomic E-state index is -0.0873. The van der Waals surface area contributed by atoms with Gasteiger partial charge in [-0.15, -0.1) is 0 Å². The summed E-state index contributed by atoms with van der Waals surface area (Å²) in [6.45, 7) is 8.75. The molecule has 1 aliphatic heterocycles. The molecule has 5 nitrogen and oxygen atoms in total. The number of benzene rings is 1. The maximum absolute atomic E-state index is 6.47. The molecule has 0 amide bonds. The SMILES string of the molecule is COc1ccc(N2C(=S)N[C@@H](c3ccccn3)[C@@H]2c2cc(C)n(C(C)C)c2C)cc1Cl. The molecule has 0 aliphatic carbocycles. The van der Waals surface area contributed by atoms with Gasteiger partial charge in [-0.25, -0.2) is 0 Å². The molecular weight excluding hydrogens is 428 g/mol. The van der Waals surface area contributed by atoms with Crippen LogP contribution in [0, 0.1) is 13.8 Å². The number of aromatic nitrogens is 2. The largest absolute Gasteiger partial charge is 0.495 e. The van der Waals surface area contributed by atoms with E-state index in [-0.39, 0.29) is 12.1 Å². The third kappa shape index (κ3) is 3.79. The highest BCUT2D eigenvalue weighted by molar-refractivity contribution is 7.80. The first kappa shape index (κ1) is 21.7. The van der Waals surface area contributed by atoms with Gasteiger partial charge in [0.1, 0.15) is 5.75 Å². The number of thiocarbonyl (C=S) groups is 1. The van der Waals surface area contributed by atoms with E-state index in [9.17, 15) is 0 Å². The molecular formula is C24H27ClN4OS. The highest BCUT2D eigenvalue weighted by Gasteiger charge is 2.42. The van der Waals surface area contributed by atoms with Gasteiger partial charge >= 0.3 is 0 Å². The topological polar surface area (TPSA) is 42.3 Å². The Kier molecular flexibility index (Phi) is 5.95. The van der Waals surface area contributed by atoms with Gasteiger partial charge in [-0.1, -0.05) is 17.7 Å². The standard InChI is InChI=1S/C24H27ClN4OS/c1-14(2)28-15(3)12-18(16(28)4)23-22(20-8-6-7-11-26-20)27-24(31)29(23)17-9-10-21(30-5)19(25)13-17/h6-14,22-23H,1-5H3,(H,27,31)/t22-,23-/m0/s1. The zero-order valence-corrected chi connectivity index (χ0v) is 20.0. The molecule has 0 spiro atoms. The Morgan fingerprint density at radius 3 is 2.52 bits per heavy atom. The third-order valence-electron chi connectivity index (χ3n) is 5.87. The fraction of sp³-hybridized carbons (Fsp3) is 0.333. The van der Waals surface area contributed by atoms with Crippen molar-refractivity contribution >= 4 is 34.6 Å². The Balaban J connectivity index is 1.89. The highest BCUT2D eigenvalue weighted by Crippen LogP contribution is 2.44. The van der Waals surface area contributed by atoms with Gasteiger partial charge in [0.05, 0.1) is 29.9 Å². The number of hydrogen-bond acceptors (Lipinski definition) is 3. The number of rotatable bonds is 5. The average Bonchev–Trinajstić information content (AvgIpc) is 3.24. The summed E-state index contributed by atoms with van der Waals surface area (Å²) >= 11 is 12.3. The van der Waals surface area contributed by atoms with E-state index >= 15 is 0 Å².